The summed E-state index contributed by atoms with van der Waals surface area (Å²) in [5, 5.41) is 14.7. The van der Waals surface area contributed by atoms with Crippen molar-refractivity contribution in [2.24, 2.45) is 5.10 Å². The molecule has 0 aromatic heterocycles. The smallest absolute Gasteiger partial charge is 0.267 e. The van der Waals surface area contributed by atoms with Crippen LogP contribution in [0, 0.1) is 13.7 Å². The Morgan fingerprint density at radius 1 is 1.24 bits per heavy atom. The predicted octanol–water partition coefficient (Wildman–Crippen LogP) is 2.96. The van der Waals surface area contributed by atoms with Crippen molar-refractivity contribution < 1.29 is 9.72 Å². The number of para-hydroxylation sites is 1. The molecule has 0 aliphatic carbocycles. The molecule has 1 N–H and O–H groups in total. The van der Waals surface area contributed by atoms with Crippen molar-refractivity contribution in [3.8, 4) is 0 Å². The van der Waals surface area contributed by atoms with E-state index < -0.39 is 10.8 Å². The van der Waals surface area contributed by atoms with Gasteiger partial charge in [-0.2, -0.15) is 5.10 Å². The van der Waals surface area contributed by atoms with Gasteiger partial charge in [0.2, 0.25) is 0 Å². The van der Waals surface area contributed by atoms with Gasteiger partial charge in [-0.3, -0.25) is 14.9 Å². The Morgan fingerprint density at radius 2 is 2.00 bits per heavy atom. The van der Waals surface area contributed by atoms with Gasteiger partial charge in [-0.15, -0.1) is 0 Å². The highest BCUT2D eigenvalue weighted by Gasteiger charge is 2.18. The number of halogens is 1. The minimum Gasteiger partial charge on any atom is -0.267 e. The Morgan fingerprint density at radius 3 is 2.71 bits per heavy atom. The van der Waals surface area contributed by atoms with E-state index in [9.17, 15) is 14.9 Å². The van der Waals surface area contributed by atoms with E-state index in [-0.39, 0.29) is 11.3 Å². The van der Waals surface area contributed by atoms with Gasteiger partial charge < -0.3 is 0 Å². The van der Waals surface area contributed by atoms with Crippen LogP contribution in [-0.4, -0.2) is 17.0 Å². The van der Waals surface area contributed by atoms with E-state index in [1.807, 2.05) is 24.3 Å². The largest absolute Gasteiger partial charge is 0.282 e. The molecule has 2 aromatic rings. The second-order valence-corrected chi connectivity index (χ2v) is 5.27. The topological polar surface area (TPSA) is 84.6 Å². The number of hydrogen-bond acceptors (Lipinski definition) is 4. The summed E-state index contributed by atoms with van der Waals surface area (Å²) in [7, 11) is 0. The van der Waals surface area contributed by atoms with Crippen molar-refractivity contribution >= 4 is 40.4 Å². The van der Waals surface area contributed by atoms with Crippen LogP contribution < -0.4 is 5.43 Å². The highest BCUT2D eigenvalue weighted by molar-refractivity contribution is 14.1. The van der Waals surface area contributed by atoms with Crippen LogP contribution in [0.3, 0.4) is 0 Å². The first-order chi connectivity index (χ1) is 10.1. The summed E-state index contributed by atoms with van der Waals surface area (Å²) in [6.45, 7) is 0. The Bertz CT molecular complexity index is 716. The molecule has 106 valence electrons. The molecule has 2 aromatic carbocycles. The predicted molar refractivity (Wildman–Crippen MR) is 87.3 cm³/mol. The van der Waals surface area contributed by atoms with Gasteiger partial charge in [0.05, 0.1) is 11.1 Å². The molecule has 0 unspecified atom stereocenters. The van der Waals surface area contributed by atoms with Gasteiger partial charge in [-0.05, 0) is 46.4 Å². The van der Waals surface area contributed by atoms with E-state index >= 15 is 0 Å². The van der Waals surface area contributed by atoms with Crippen molar-refractivity contribution in [2.45, 2.75) is 0 Å². The average Bonchev–Trinajstić information content (AvgIpc) is 2.47. The number of hydrogen-bond donors (Lipinski definition) is 1. The molecule has 1 amide bonds. The molecule has 6 nitrogen and oxygen atoms in total. The Hall–Kier alpha value is -2.29. The van der Waals surface area contributed by atoms with Crippen LogP contribution in [0.1, 0.15) is 15.9 Å². The van der Waals surface area contributed by atoms with E-state index in [1.165, 1.54) is 24.4 Å². The standard InChI is InChI=1S/C14H10IN3O3/c15-11-5-3-4-10(8-11)9-16-17-14(19)12-6-1-2-7-13(12)18(20)21/h1-9H,(H,17,19)/b16-9-. The summed E-state index contributed by atoms with van der Waals surface area (Å²) in [6, 6.07) is 13.3. The molecule has 0 aliphatic heterocycles. The van der Waals surface area contributed by atoms with Crippen LogP contribution >= 0.6 is 22.6 Å². The molecule has 0 saturated carbocycles. The summed E-state index contributed by atoms with van der Waals surface area (Å²) < 4.78 is 1.04. The van der Waals surface area contributed by atoms with Crippen LogP contribution in [-0.2, 0) is 0 Å². The second-order valence-electron chi connectivity index (χ2n) is 4.03. The van der Waals surface area contributed by atoms with E-state index in [0.717, 1.165) is 9.13 Å². The van der Waals surface area contributed by atoms with Crippen LogP contribution in [0.25, 0.3) is 0 Å². The molecule has 0 bridgehead atoms. The van der Waals surface area contributed by atoms with E-state index in [1.54, 1.807) is 6.07 Å². The third-order valence-electron chi connectivity index (χ3n) is 2.57. The molecule has 0 atom stereocenters. The molecule has 0 saturated heterocycles. The zero-order chi connectivity index (χ0) is 15.2. The fraction of sp³-hybridized carbons (Fsp3) is 0. The van der Waals surface area contributed by atoms with Crippen molar-refractivity contribution in [2.75, 3.05) is 0 Å². The average molecular weight is 395 g/mol. The Balaban J connectivity index is 2.11. The summed E-state index contributed by atoms with van der Waals surface area (Å²) in [6.07, 6.45) is 1.48. The van der Waals surface area contributed by atoms with Crippen molar-refractivity contribution in [3.63, 3.8) is 0 Å². The molecule has 21 heavy (non-hydrogen) atoms. The second kappa shape index (κ2) is 6.93. The number of carbonyl (C=O) groups is 1. The minimum atomic E-state index is -0.621. The van der Waals surface area contributed by atoms with Crippen molar-refractivity contribution in [3.05, 3.63) is 73.3 Å². The highest BCUT2D eigenvalue weighted by atomic mass is 127. The molecule has 0 spiro atoms. The normalized spacial score (nSPS) is 10.5. The quantitative estimate of drug-likeness (QED) is 0.374. The minimum absolute atomic E-state index is 0.0257. The number of hydrazone groups is 1. The van der Waals surface area contributed by atoms with Gasteiger partial charge >= 0.3 is 0 Å². The molecule has 0 heterocycles. The number of benzene rings is 2. The van der Waals surface area contributed by atoms with E-state index in [2.05, 4.69) is 33.1 Å². The number of nitrogens with zero attached hydrogens (tertiary/aromatic N) is 2. The molecule has 0 fully saturated rings. The lowest BCUT2D eigenvalue weighted by atomic mass is 10.2. The number of amides is 1. The summed E-state index contributed by atoms with van der Waals surface area (Å²) in [4.78, 5) is 22.1. The van der Waals surface area contributed by atoms with Crippen molar-refractivity contribution in [1.82, 2.24) is 5.43 Å². The zero-order valence-electron chi connectivity index (χ0n) is 10.7. The maximum absolute atomic E-state index is 11.9. The van der Waals surface area contributed by atoms with E-state index in [0.29, 0.717) is 0 Å². The maximum Gasteiger partial charge on any atom is 0.282 e. The first kappa shape index (κ1) is 15.1. The number of nitro benzene ring substituents is 1. The molecular formula is C14H10IN3O3. The summed E-state index contributed by atoms with van der Waals surface area (Å²) in [5.41, 5.74) is 2.83. The Kier molecular flexibility index (Phi) is 4.99. The number of nitrogens with one attached hydrogen (secondary N) is 1. The maximum atomic E-state index is 11.9. The third-order valence-corrected chi connectivity index (χ3v) is 3.24. The molecule has 0 radical (unpaired) electrons. The summed E-state index contributed by atoms with van der Waals surface area (Å²) in [5.74, 6) is -0.621. The number of carbonyl (C=O) groups excluding carboxylic acids is 1. The highest BCUT2D eigenvalue weighted by Crippen LogP contribution is 2.17. The number of rotatable bonds is 4. The third kappa shape index (κ3) is 4.09. The zero-order valence-corrected chi connectivity index (χ0v) is 12.9. The first-order valence-electron chi connectivity index (χ1n) is 5.90. The SMILES string of the molecule is O=C(N/N=C\c1cccc(I)c1)c1ccccc1[N+](=O)[O-]. The van der Waals surface area contributed by atoms with E-state index in [4.69, 9.17) is 0 Å². The van der Waals surface area contributed by atoms with Gasteiger partial charge in [0.25, 0.3) is 11.6 Å². The lowest BCUT2D eigenvalue weighted by Crippen LogP contribution is -2.18. The van der Waals surface area contributed by atoms with Crippen LogP contribution in [0.4, 0.5) is 5.69 Å². The van der Waals surface area contributed by atoms with Crippen molar-refractivity contribution in [1.29, 1.82) is 0 Å². The van der Waals surface area contributed by atoms with Gasteiger partial charge in [-0.25, -0.2) is 5.43 Å². The van der Waals surface area contributed by atoms with Crippen LogP contribution in [0.15, 0.2) is 53.6 Å². The monoisotopic (exact) mass is 395 g/mol. The molecule has 0 aliphatic rings. The summed E-state index contributed by atoms with van der Waals surface area (Å²) >= 11 is 2.17. The van der Waals surface area contributed by atoms with Gasteiger partial charge in [0.1, 0.15) is 5.56 Å². The molecule has 7 heteroatoms. The van der Waals surface area contributed by atoms with Crippen LogP contribution in [0.2, 0.25) is 0 Å². The fourth-order valence-corrected chi connectivity index (χ4v) is 2.20. The molecular weight excluding hydrogens is 385 g/mol. The number of nitro groups is 1. The van der Waals surface area contributed by atoms with Gasteiger partial charge in [0, 0.05) is 9.64 Å². The van der Waals surface area contributed by atoms with Crippen LogP contribution in [0.5, 0.6) is 0 Å². The molecule has 2 rings (SSSR count). The van der Waals surface area contributed by atoms with Gasteiger partial charge in [-0.1, -0.05) is 24.3 Å². The van der Waals surface area contributed by atoms with Gasteiger partial charge in [0.15, 0.2) is 0 Å². The Labute approximate surface area is 134 Å². The lowest BCUT2D eigenvalue weighted by Gasteiger charge is -2.01. The first-order valence-corrected chi connectivity index (χ1v) is 6.98. The lowest BCUT2D eigenvalue weighted by molar-refractivity contribution is -0.385. The fourth-order valence-electron chi connectivity index (χ4n) is 1.64.